The van der Waals surface area contributed by atoms with Gasteiger partial charge in [-0.05, 0) is 31.9 Å². The van der Waals surface area contributed by atoms with Crippen LogP contribution >= 0.6 is 11.8 Å². The van der Waals surface area contributed by atoms with Gasteiger partial charge in [0.05, 0.1) is 17.2 Å². The minimum Gasteiger partial charge on any atom is -0.325 e. The van der Waals surface area contributed by atoms with Crippen molar-refractivity contribution in [2.75, 3.05) is 29.9 Å². The van der Waals surface area contributed by atoms with Crippen LogP contribution in [0, 0.1) is 5.92 Å². The van der Waals surface area contributed by atoms with Crippen molar-refractivity contribution in [2.24, 2.45) is 5.92 Å². The lowest BCUT2D eigenvalue weighted by atomic mass is 9.97. The van der Waals surface area contributed by atoms with Gasteiger partial charge in [-0.3, -0.25) is 4.79 Å². The Hall–Kier alpha value is -1.26. The van der Waals surface area contributed by atoms with Gasteiger partial charge in [-0.1, -0.05) is 12.1 Å². The number of alkyl halides is 3. The molecule has 0 aromatic heterocycles. The summed E-state index contributed by atoms with van der Waals surface area (Å²) in [5.74, 6) is -1.67. The van der Waals surface area contributed by atoms with Crippen molar-refractivity contribution in [1.29, 1.82) is 0 Å². The Balaban J connectivity index is 1.97. The van der Waals surface area contributed by atoms with E-state index in [1.165, 1.54) is 10.4 Å². The van der Waals surface area contributed by atoms with Gasteiger partial charge in [-0.25, -0.2) is 12.7 Å². The van der Waals surface area contributed by atoms with Crippen molar-refractivity contribution in [3.05, 3.63) is 24.3 Å². The average molecular weight is 410 g/mol. The highest BCUT2D eigenvalue weighted by atomic mass is 32.2. The highest BCUT2D eigenvalue weighted by molar-refractivity contribution is 7.99. The molecule has 0 atom stereocenters. The van der Waals surface area contributed by atoms with Crippen molar-refractivity contribution < 1.29 is 26.4 Å². The summed E-state index contributed by atoms with van der Waals surface area (Å²) < 4.78 is 62.4. The van der Waals surface area contributed by atoms with E-state index in [9.17, 15) is 26.4 Å². The molecule has 10 heteroatoms. The van der Waals surface area contributed by atoms with Gasteiger partial charge in [0.2, 0.25) is 15.9 Å². The van der Waals surface area contributed by atoms with Crippen molar-refractivity contribution in [2.45, 2.75) is 30.8 Å². The summed E-state index contributed by atoms with van der Waals surface area (Å²) in [5, 5.41) is 2.69. The smallest absolute Gasteiger partial charge is 0.325 e. The van der Waals surface area contributed by atoms with E-state index in [4.69, 9.17) is 0 Å². The number of benzene rings is 1. The largest absolute Gasteiger partial charge is 0.398 e. The Labute approximate surface area is 155 Å². The maximum absolute atomic E-state index is 12.4. The van der Waals surface area contributed by atoms with Crippen LogP contribution < -0.4 is 5.32 Å². The lowest BCUT2D eigenvalue weighted by molar-refractivity contribution is -0.121. The Morgan fingerprint density at radius 1 is 1.27 bits per heavy atom. The fraction of sp³-hybridized carbons (Fsp3) is 0.562. The van der Waals surface area contributed by atoms with Crippen LogP contribution in [-0.4, -0.2) is 49.4 Å². The molecule has 0 saturated carbocycles. The quantitative estimate of drug-likeness (QED) is 0.731. The van der Waals surface area contributed by atoms with E-state index in [-0.39, 0.29) is 30.7 Å². The minimum absolute atomic E-state index is 0.0215. The second-order valence-electron chi connectivity index (χ2n) is 5.96. The molecule has 1 fully saturated rings. The van der Waals surface area contributed by atoms with E-state index in [0.717, 1.165) is 0 Å². The number of thioether (sulfide) groups is 1. The number of hydrogen-bond donors (Lipinski definition) is 1. The number of hydrogen-bond acceptors (Lipinski definition) is 4. The summed E-state index contributed by atoms with van der Waals surface area (Å²) in [6, 6.07) is 6.35. The van der Waals surface area contributed by atoms with Gasteiger partial charge in [0.15, 0.2) is 0 Å². The van der Waals surface area contributed by atoms with Gasteiger partial charge >= 0.3 is 6.18 Å². The van der Waals surface area contributed by atoms with Crippen LogP contribution in [0.2, 0.25) is 0 Å². The third-order valence-electron chi connectivity index (χ3n) is 4.12. The first-order valence-electron chi connectivity index (χ1n) is 8.19. The standard InChI is InChI=1S/C16H21F3N2O3S2/c1-2-26(23,24)21-9-7-12(8-10-21)15(22)20-13-5-3-4-6-14(13)25-11-16(17,18)19/h3-6,12H,2,7-11H2,1H3,(H,20,22). The molecule has 0 aliphatic carbocycles. The van der Waals surface area contributed by atoms with Crippen LogP contribution in [-0.2, 0) is 14.8 Å². The first-order valence-corrected chi connectivity index (χ1v) is 10.8. The summed E-state index contributed by atoms with van der Waals surface area (Å²) in [4.78, 5) is 12.8. The monoisotopic (exact) mass is 410 g/mol. The third-order valence-corrected chi connectivity index (χ3v) is 7.14. The van der Waals surface area contributed by atoms with Crippen LogP contribution in [0.4, 0.5) is 18.9 Å². The lowest BCUT2D eigenvalue weighted by Crippen LogP contribution is -2.42. The second-order valence-corrected chi connectivity index (χ2v) is 9.24. The summed E-state index contributed by atoms with van der Waals surface area (Å²) in [7, 11) is -3.27. The van der Waals surface area contributed by atoms with Crippen molar-refractivity contribution in [3.8, 4) is 0 Å². The van der Waals surface area contributed by atoms with Crippen molar-refractivity contribution in [3.63, 3.8) is 0 Å². The first kappa shape index (κ1) is 21.0. The molecule has 0 spiro atoms. The predicted molar refractivity (Wildman–Crippen MR) is 95.6 cm³/mol. The number of anilines is 1. The zero-order valence-electron chi connectivity index (χ0n) is 14.3. The SMILES string of the molecule is CCS(=O)(=O)N1CCC(C(=O)Nc2ccccc2SCC(F)(F)F)CC1. The number of nitrogens with zero attached hydrogens (tertiary/aromatic N) is 1. The molecule has 0 bridgehead atoms. The Morgan fingerprint density at radius 3 is 2.46 bits per heavy atom. The molecule has 1 heterocycles. The number of para-hydroxylation sites is 1. The summed E-state index contributed by atoms with van der Waals surface area (Å²) in [6.07, 6.45) is -3.51. The Kier molecular flexibility index (Phi) is 6.98. The maximum atomic E-state index is 12.4. The molecule has 5 nitrogen and oxygen atoms in total. The van der Waals surface area contributed by atoms with E-state index in [0.29, 0.717) is 35.2 Å². The molecule has 1 aliphatic rings. The molecule has 26 heavy (non-hydrogen) atoms. The lowest BCUT2D eigenvalue weighted by Gasteiger charge is -2.30. The number of sulfonamides is 1. The summed E-state index contributed by atoms with van der Waals surface area (Å²) in [5.41, 5.74) is 0.343. The van der Waals surface area contributed by atoms with Gasteiger partial charge < -0.3 is 5.32 Å². The number of nitrogens with one attached hydrogen (secondary N) is 1. The van der Waals surface area contributed by atoms with Gasteiger partial charge in [-0.2, -0.15) is 13.2 Å². The number of carbonyl (C=O) groups excluding carboxylic acids is 1. The fourth-order valence-electron chi connectivity index (χ4n) is 2.67. The molecule has 1 aliphatic heterocycles. The number of piperidine rings is 1. The Morgan fingerprint density at radius 2 is 1.88 bits per heavy atom. The third kappa shape index (κ3) is 5.88. The van der Waals surface area contributed by atoms with Crippen LogP contribution in [0.3, 0.4) is 0 Å². The number of rotatable bonds is 6. The van der Waals surface area contributed by atoms with Crippen LogP contribution in [0.5, 0.6) is 0 Å². The maximum Gasteiger partial charge on any atom is 0.398 e. The van der Waals surface area contributed by atoms with Gasteiger partial charge in [0.25, 0.3) is 0 Å². The number of amides is 1. The molecule has 0 radical (unpaired) electrons. The number of halogens is 3. The van der Waals surface area contributed by atoms with Crippen molar-refractivity contribution >= 4 is 33.4 Å². The summed E-state index contributed by atoms with van der Waals surface area (Å²) in [6.45, 7) is 2.13. The second kappa shape index (κ2) is 8.62. The molecule has 146 valence electrons. The van der Waals surface area contributed by atoms with Crippen LogP contribution in [0.25, 0.3) is 0 Å². The molecule has 1 saturated heterocycles. The molecule has 2 rings (SSSR count). The molecule has 0 unspecified atom stereocenters. The molecule has 1 aromatic rings. The highest BCUT2D eigenvalue weighted by Crippen LogP contribution is 2.32. The molecule has 1 amide bonds. The molecule has 1 N–H and O–H groups in total. The predicted octanol–water partition coefficient (Wildman–Crippen LogP) is 3.34. The van der Waals surface area contributed by atoms with Crippen LogP contribution in [0.15, 0.2) is 29.2 Å². The average Bonchev–Trinajstić information content (AvgIpc) is 2.60. The van der Waals surface area contributed by atoms with E-state index in [1.807, 2.05) is 0 Å². The zero-order valence-corrected chi connectivity index (χ0v) is 15.9. The zero-order chi connectivity index (χ0) is 19.4. The van der Waals surface area contributed by atoms with Gasteiger partial charge in [-0.15, -0.1) is 11.8 Å². The highest BCUT2D eigenvalue weighted by Gasteiger charge is 2.31. The minimum atomic E-state index is -4.29. The Bertz CT molecular complexity index is 731. The molecule has 1 aromatic carbocycles. The van der Waals surface area contributed by atoms with Gasteiger partial charge in [0, 0.05) is 23.9 Å². The first-order chi connectivity index (χ1) is 12.1. The topological polar surface area (TPSA) is 66.5 Å². The van der Waals surface area contributed by atoms with E-state index in [2.05, 4.69) is 5.32 Å². The summed E-state index contributed by atoms with van der Waals surface area (Å²) >= 11 is 0.622. The molecular weight excluding hydrogens is 389 g/mol. The van der Waals surface area contributed by atoms with E-state index in [1.54, 1.807) is 25.1 Å². The fourth-order valence-corrected chi connectivity index (χ4v) is 4.57. The normalized spacial score (nSPS) is 17.2. The van der Waals surface area contributed by atoms with E-state index >= 15 is 0 Å². The number of carbonyl (C=O) groups is 1. The van der Waals surface area contributed by atoms with Crippen LogP contribution in [0.1, 0.15) is 19.8 Å². The van der Waals surface area contributed by atoms with Crippen molar-refractivity contribution in [1.82, 2.24) is 4.31 Å². The molecular formula is C16H21F3N2O3S2. The van der Waals surface area contributed by atoms with Gasteiger partial charge in [0.1, 0.15) is 0 Å². The van der Waals surface area contributed by atoms with E-state index < -0.39 is 22.0 Å².